The zero-order valence-electron chi connectivity index (χ0n) is 17.0. The van der Waals surface area contributed by atoms with Crippen LogP contribution in [0.2, 0.25) is 0 Å². The molecule has 0 atom stereocenters. The van der Waals surface area contributed by atoms with Crippen LogP contribution in [0.15, 0.2) is 87.2 Å². The van der Waals surface area contributed by atoms with Gasteiger partial charge in [0.15, 0.2) is 5.65 Å². The molecule has 2 aromatic heterocycles. The van der Waals surface area contributed by atoms with Crippen LogP contribution in [0.1, 0.15) is 5.56 Å². The Morgan fingerprint density at radius 1 is 0.941 bits per heavy atom. The van der Waals surface area contributed by atoms with Gasteiger partial charge in [-0.25, -0.2) is 13.4 Å². The molecular formula is C22H13BrF3N5O2S. The number of nitrogens with zero attached hydrogens (tertiary/aromatic N) is 4. The quantitative estimate of drug-likeness (QED) is 0.313. The lowest BCUT2D eigenvalue weighted by atomic mass is 10.2. The van der Waals surface area contributed by atoms with Crippen molar-refractivity contribution in [3.05, 3.63) is 82.8 Å². The first kappa shape index (κ1) is 22.3. The fourth-order valence-electron chi connectivity index (χ4n) is 3.45. The Labute approximate surface area is 199 Å². The summed E-state index contributed by atoms with van der Waals surface area (Å²) < 4.78 is 68.0. The molecule has 2 heterocycles. The van der Waals surface area contributed by atoms with Gasteiger partial charge in [-0.2, -0.15) is 17.7 Å². The van der Waals surface area contributed by atoms with Gasteiger partial charge < -0.3 is 5.32 Å². The summed E-state index contributed by atoms with van der Waals surface area (Å²) in [7, 11) is -4.08. The van der Waals surface area contributed by atoms with Crippen molar-refractivity contribution in [2.45, 2.75) is 16.1 Å². The predicted molar refractivity (Wildman–Crippen MR) is 123 cm³/mol. The van der Waals surface area contributed by atoms with Crippen molar-refractivity contribution in [1.82, 2.24) is 19.8 Å². The smallest absolute Gasteiger partial charge is 0.340 e. The van der Waals surface area contributed by atoms with E-state index in [-0.39, 0.29) is 27.1 Å². The predicted octanol–water partition coefficient (Wildman–Crippen LogP) is 5.64. The molecule has 34 heavy (non-hydrogen) atoms. The van der Waals surface area contributed by atoms with Crippen LogP contribution in [0.25, 0.3) is 16.6 Å². The fourth-order valence-corrected chi connectivity index (χ4v) is 4.95. The molecule has 3 aromatic carbocycles. The summed E-state index contributed by atoms with van der Waals surface area (Å²) in [5.41, 5.74) is -0.267. The third-order valence-corrected chi connectivity index (χ3v) is 7.25. The van der Waals surface area contributed by atoms with E-state index in [4.69, 9.17) is 0 Å². The number of anilines is 2. The van der Waals surface area contributed by atoms with Gasteiger partial charge in [-0.15, -0.1) is 5.10 Å². The summed E-state index contributed by atoms with van der Waals surface area (Å²) in [6, 6.07) is 17.5. The molecule has 0 amide bonds. The number of rotatable bonds is 4. The maximum absolute atomic E-state index is 13.3. The first-order chi connectivity index (χ1) is 16.1. The first-order valence-corrected chi connectivity index (χ1v) is 12.0. The summed E-state index contributed by atoms with van der Waals surface area (Å²) in [5, 5.41) is 10.9. The van der Waals surface area contributed by atoms with Crippen molar-refractivity contribution in [2.75, 3.05) is 5.32 Å². The van der Waals surface area contributed by atoms with Crippen molar-refractivity contribution in [3.8, 4) is 0 Å². The second-order valence-electron chi connectivity index (χ2n) is 7.27. The van der Waals surface area contributed by atoms with Crippen LogP contribution in [-0.2, 0) is 16.0 Å². The van der Waals surface area contributed by atoms with Crippen molar-refractivity contribution >= 4 is 53.8 Å². The van der Waals surface area contributed by atoms with Gasteiger partial charge in [-0.05, 0) is 54.6 Å². The average Bonchev–Trinajstić information content (AvgIpc) is 3.24. The van der Waals surface area contributed by atoms with Crippen LogP contribution >= 0.6 is 15.9 Å². The van der Waals surface area contributed by atoms with Gasteiger partial charge in [0.25, 0.3) is 0 Å². The molecule has 0 unspecified atom stereocenters. The molecule has 0 spiro atoms. The molecule has 7 nitrogen and oxygen atoms in total. The molecule has 12 heteroatoms. The molecule has 5 aromatic rings. The highest BCUT2D eigenvalue weighted by molar-refractivity contribution is 9.10. The van der Waals surface area contributed by atoms with E-state index in [1.807, 2.05) is 0 Å². The zero-order chi connectivity index (χ0) is 24.1. The summed E-state index contributed by atoms with van der Waals surface area (Å²) in [6.45, 7) is 0. The topological polar surface area (TPSA) is 89.2 Å². The number of nitrogens with one attached hydrogen (secondary N) is 1. The molecule has 0 aliphatic heterocycles. The molecule has 0 aliphatic carbocycles. The number of halogens is 4. The molecule has 172 valence electrons. The number of alkyl halides is 3. The van der Waals surface area contributed by atoms with Gasteiger partial charge >= 0.3 is 6.18 Å². The van der Waals surface area contributed by atoms with Gasteiger partial charge in [0.05, 0.1) is 16.0 Å². The second kappa shape index (κ2) is 8.06. The third kappa shape index (κ3) is 3.88. The monoisotopic (exact) mass is 547 g/mol. The van der Waals surface area contributed by atoms with Crippen molar-refractivity contribution < 1.29 is 21.6 Å². The van der Waals surface area contributed by atoms with E-state index >= 15 is 0 Å². The van der Waals surface area contributed by atoms with Gasteiger partial charge in [-0.1, -0.05) is 39.3 Å². The average molecular weight is 548 g/mol. The highest BCUT2D eigenvalue weighted by Crippen LogP contribution is 2.33. The second-order valence-corrected chi connectivity index (χ2v) is 10.0. The van der Waals surface area contributed by atoms with Crippen LogP contribution in [-0.4, -0.2) is 28.2 Å². The van der Waals surface area contributed by atoms with Crippen LogP contribution in [0.5, 0.6) is 0 Å². The number of hydrogen-bond acceptors (Lipinski definition) is 6. The SMILES string of the molecule is O=S(=O)(c1ccc(Br)cc1)c1nnn2c1nc(Nc1cccc(C(F)(F)F)c1)c1ccccc12. The fraction of sp³-hybridized carbons (Fsp3) is 0.0455. The summed E-state index contributed by atoms with van der Waals surface area (Å²) in [5.74, 6) is 0.164. The minimum atomic E-state index is -4.52. The third-order valence-electron chi connectivity index (χ3n) is 5.05. The molecule has 0 fully saturated rings. The Balaban J connectivity index is 1.70. The molecule has 0 saturated heterocycles. The van der Waals surface area contributed by atoms with Crippen LogP contribution < -0.4 is 5.32 Å². The Kier molecular flexibility index (Phi) is 5.29. The molecular weight excluding hydrogens is 535 g/mol. The summed E-state index contributed by atoms with van der Waals surface area (Å²) in [6.07, 6.45) is -4.52. The van der Waals surface area contributed by atoms with Crippen molar-refractivity contribution in [3.63, 3.8) is 0 Å². The molecule has 0 radical (unpaired) electrons. The Morgan fingerprint density at radius 2 is 1.68 bits per heavy atom. The Morgan fingerprint density at radius 3 is 2.41 bits per heavy atom. The molecule has 0 bridgehead atoms. The van der Waals surface area contributed by atoms with E-state index in [0.29, 0.717) is 15.4 Å². The lowest BCUT2D eigenvalue weighted by Gasteiger charge is -2.12. The number of aromatic nitrogens is 4. The van der Waals surface area contributed by atoms with Crippen LogP contribution in [0.4, 0.5) is 24.7 Å². The van der Waals surface area contributed by atoms with Gasteiger partial charge in [-0.3, -0.25) is 0 Å². The number of fused-ring (bicyclic) bond motifs is 3. The number of sulfone groups is 1. The largest absolute Gasteiger partial charge is 0.416 e. The van der Waals surface area contributed by atoms with Crippen LogP contribution in [0, 0.1) is 0 Å². The Bertz CT molecular complexity index is 1650. The van der Waals surface area contributed by atoms with Gasteiger partial charge in [0.2, 0.25) is 14.9 Å². The van der Waals surface area contributed by atoms with E-state index in [9.17, 15) is 21.6 Å². The number of para-hydroxylation sites is 1. The maximum Gasteiger partial charge on any atom is 0.416 e. The normalized spacial score (nSPS) is 12.4. The maximum atomic E-state index is 13.3. The zero-order valence-corrected chi connectivity index (χ0v) is 19.4. The lowest BCUT2D eigenvalue weighted by molar-refractivity contribution is -0.137. The highest BCUT2D eigenvalue weighted by atomic mass is 79.9. The summed E-state index contributed by atoms with van der Waals surface area (Å²) >= 11 is 3.27. The molecule has 0 saturated carbocycles. The van der Waals surface area contributed by atoms with Gasteiger partial charge in [0, 0.05) is 15.5 Å². The van der Waals surface area contributed by atoms with E-state index in [2.05, 4.69) is 36.5 Å². The summed E-state index contributed by atoms with van der Waals surface area (Å²) in [4.78, 5) is 4.42. The Hall–Kier alpha value is -3.51. The number of benzene rings is 3. The van der Waals surface area contributed by atoms with Crippen LogP contribution in [0.3, 0.4) is 0 Å². The van der Waals surface area contributed by atoms with E-state index in [0.717, 1.165) is 12.1 Å². The van der Waals surface area contributed by atoms with Crippen molar-refractivity contribution in [1.29, 1.82) is 0 Å². The van der Waals surface area contributed by atoms with Gasteiger partial charge in [0.1, 0.15) is 5.82 Å². The molecule has 0 aliphatic rings. The lowest BCUT2D eigenvalue weighted by Crippen LogP contribution is -2.07. The molecule has 5 rings (SSSR count). The minimum absolute atomic E-state index is 0.000413. The number of hydrogen-bond donors (Lipinski definition) is 1. The van der Waals surface area contributed by atoms with Crippen molar-refractivity contribution in [2.24, 2.45) is 0 Å². The minimum Gasteiger partial charge on any atom is -0.340 e. The van der Waals surface area contributed by atoms with E-state index in [1.165, 1.54) is 28.8 Å². The van der Waals surface area contributed by atoms with E-state index < -0.39 is 21.6 Å². The standard InChI is InChI=1S/C22H13BrF3N5O2S/c23-14-8-10-16(11-9-14)34(32,33)21-20-28-19(17-6-1-2-7-18(17)31(20)30-29-21)27-15-5-3-4-13(12-15)22(24,25)26/h1-12H,(H,27,28). The molecule has 1 N–H and O–H groups in total. The van der Waals surface area contributed by atoms with E-state index in [1.54, 1.807) is 36.4 Å². The highest BCUT2D eigenvalue weighted by Gasteiger charge is 2.31. The first-order valence-electron chi connectivity index (χ1n) is 9.74.